The smallest absolute Gasteiger partial charge is 0.335 e. The maximum atomic E-state index is 10.8. The highest BCUT2D eigenvalue weighted by Crippen LogP contribution is 2.11. The van der Waals surface area contributed by atoms with Crippen LogP contribution in [0.1, 0.15) is 29.3 Å². The molecule has 1 aromatic heterocycles. The molecule has 0 saturated carbocycles. The van der Waals surface area contributed by atoms with Crippen LogP contribution in [0.2, 0.25) is 0 Å². The second-order valence-electron chi connectivity index (χ2n) is 4.80. The van der Waals surface area contributed by atoms with Crippen LogP contribution in [0, 0.1) is 9.54 Å². The van der Waals surface area contributed by atoms with Crippen molar-refractivity contribution in [3.05, 3.63) is 44.9 Å². The summed E-state index contributed by atoms with van der Waals surface area (Å²) in [6, 6.07) is 6.98. The Bertz CT molecular complexity index is 739. The van der Waals surface area contributed by atoms with Gasteiger partial charge in [0.2, 0.25) is 10.7 Å². The van der Waals surface area contributed by atoms with Crippen molar-refractivity contribution in [2.24, 2.45) is 0 Å². The number of carboxylic acids is 1. The highest BCUT2D eigenvalue weighted by Gasteiger charge is 2.10. The molecule has 2 aromatic rings. The van der Waals surface area contributed by atoms with E-state index in [9.17, 15) is 4.79 Å². The van der Waals surface area contributed by atoms with Crippen LogP contribution in [0.25, 0.3) is 0 Å². The first kappa shape index (κ1) is 16.3. The number of aromatic carboxylic acids is 1. The number of aromatic nitrogens is 3. The largest absolute Gasteiger partial charge is 0.478 e. The second kappa shape index (κ2) is 7.28. The molecule has 22 heavy (non-hydrogen) atoms. The third-order valence-corrected chi connectivity index (χ3v) is 3.58. The Morgan fingerprint density at radius 1 is 1.32 bits per heavy atom. The summed E-state index contributed by atoms with van der Waals surface area (Å²) in [4.78, 5) is 20.6. The summed E-state index contributed by atoms with van der Waals surface area (Å²) in [7, 11) is 0. The number of nitrogens with zero attached hydrogens (tertiary/aromatic N) is 1. The molecule has 4 N–H and O–H groups in total. The van der Waals surface area contributed by atoms with Crippen molar-refractivity contribution in [3.63, 3.8) is 0 Å². The van der Waals surface area contributed by atoms with Crippen LogP contribution in [0.15, 0.2) is 24.3 Å². The fourth-order valence-electron chi connectivity index (χ4n) is 2.02. The molecule has 0 aliphatic heterocycles. The molecule has 0 fully saturated rings. The summed E-state index contributed by atoms with van der Waals surface area (Å²) >= 11 is 10.0. The van der Waals surface area contributed by atoms with Gasteiger partial charge in [0.1, 0.15) is 0 Å². The number of hydrogen-bond acceptors (Lipinski definition) is 5. The van der Waals surface area contributed by atoms with Crippen molar-refractivity contribution < 1.29 is 9.90 Å². The summed E-state index contributed by atoms with van der Waals surface area (Å²) in [5, 5.41) is 12.2. The Balaban J connectivity index is 2.10. The molecule has 0 amide bonds. The Kier molecular flexibility index (Phi) is 5.40. The predicted octanol–water partition coefficient (Wildman–Crippen LogP) is 3.33. The standard InChI is InChI=1S/C14H16N4O2S2/c1-2-10(15-12-16-13(21)18-14(22)17-12)7-8-3-5-9(6-4-8)11(19)20/h3-6,10H,2,7H2,1H3,(H,19,20)(H3,15,16,17,18,21,22). The Hall–Kier alpha value is -2.06. The molecule has 116 valence electrons. The van der Waals surface area contributed by atoms with E-state index in [0.29, 0.717) is 15.5 Å². The van der Waals surface area contributed by atoms with Gasteiger partial charge in [-0.25, -0.2) is 4.79 Å². The maximum absolute atomic E-state index is 10.8. The van der Waals surface area contributed by atoms with Crippen molar-refractivity contribution >= 4 is 36.4 Å². The van der Waals surface area contributed by atoms with Crippen molar-refractivity contribution in [1.29, 1.82) is 0 Å². The number of hydrogen-bond donors (Lipinski definition) is 4. The Labute approximate surface area is 137 Å². The first-order valence-corrected chi connectivity index (χ1v) is 7.59. The van der Waals surface area contributed by atoms with Gasteiger partial charge in [-0.05, 0) is 55.0 Å². The highest BCUT2D eigenvalue weighted by atomic mass is 32.1. The quantitative estimate of drug-likeness (QED) is 0.605. The third kappa shape index (κ3) is 4.47. The summed E-state index contributed by atoms with van der Waals surface area (Å²) in [6.45, 7) is 2.06. The van der Waals surface area contributed by atoms with Crippen LogP contribution in [-0.4, -0.2) is 32.1 Å². The topological polar surface area (TPSA) is 93.8 Å². The van der Waals surface area contributed by atoms with Gasteiger partial charge in [-0.1, -0.05) is 19.1 Å². The number of nitrogens with one attached hydrogen (secondary N) is 3. The Morgan fingerprint density at radius 2 is 2.00 bits per heavy atom. The zero-order valence-corrected chi connectivity index (χ0v) is 13.6. The van der Waals surface area contributed by atoms with E-state index >= 15 is 0 Å². The molecule has 0 radical (unpaired) electrons. The van der Waals surface area contributed by atoms with Gasteiger partial charge in [0.15, 0.2) is 4.77 Å². The van der Waals surface area contributed by atoms with Crippen LogP contribution in [0.5, 0.6) is 0 Å². The fourth-order valence-corrected chi connectivity index (χ4v) is 2.47. The molecule has 1 aromatic carbocycles. The van der Waals surface area contributed by atoms with Gasteiger partial charge >= 0.3 is 5.97 Å². The van der Waals surface area contributed by atoms with Gasteiger partial charge < -0.3 is 20.4 Å². The SMILES string of the molecule is CCC(Cc1ccc(C(=O)O)cc1)Nc1nc(=S)[nH]c(=S)[nH]1. The lowest BCUT2D eigenvalue weighted by Gasteiger charge is -2.17. The summed E-state index contributed by atoms with van der Waals surface area (Å²) in [5.74, 6) is -0.394. The number of anilines is 1. The van der Waals surface area contributed by atoms with Crippen molar-refractivity contribution in [3.8, 4) is 0 Å². The number of H-pyrrole nitrogens is 2. The minimum absolute atomic E-state index is 0.130. The zero-order valence-electron chi connectivity index (χ0n) is 11.9. The second-order valence-corrected chi connectivity index (χ2v) is 5.60. The lowest BCUT2D eigenvalue weighted by molar-refractivity contribution is 0.0697. The molecule has 0 aliphatic carbocycles. The van der Waals surface area contributed by atoms with Gasteiger partial charge in [-0.2, -0.15) is 4.98 Å². The van der Waals surface area contributed by atoms with E-state index in [1.807, 2.05) is 12.1 Å². The third-order valence-electron chi connectivity index (χ3n) is 3.18. The Morgan fingerprint density at radius 3 is 2.55 bits per heavy atom. The summed E-state index contributed by atoms with van der Waals surface area (Å²) in [6.07, 6.45) is 1.61. The van der Waals surface area contributed by atoms with E-state index in [1.165, 1.54) is 0 Å². The monoisotopic (exact) mass is 336 g/mol. The molecule has 1 heterocycles. The molecule has 0 spiro atoms. The maximum Gasteiger partial charge on any atom is 0.335 e. The number of rotatable bonds is 6. The van der Waals surface area contributed by atoms with Crippen molar-refractivity contribution in [1.82, 2.24) is 15.0 Å². The van der Waals surface area contributed by atoms with Crippen LogP contribution in [-0.2, 0) is 6.42 Å². The first-order chi connectivity index (χ1) is 10.5. The molecule has 1 unspecified atom stereocenters. The number of aromatic amines is 2. The van der Waals surface area contributed by atoms with Gasteiger partial charge in [0, 0.05) is 6.04 Å². The molecule has 0 aliphatic rings. The predicted molar refractivity (Wildman–Crippen MR) is 89.4 cm³/mol. The minimum atomic E-state index is -0.924. The minimum Gasteiger partial charge on any atom is -0.478 e. The number of benzene rings is 1. The molecule has 1 atom stereocenters. The average molecular weight is 336 g/mol. The van der Waals surface area contributed by atoms with Crippen molar-refractivity contribution in [2.45, 2.75) is 25.8 Å². The zero-order chi connectivity index (χ0) is 16.1. The molecule has 0 bridgehead atoms. The van der Waals surface area contributed by atoms with E-state index in [2.05, 4.69) is 27.2 Å². The van der Waals surface area contributed by atoms with Gasteiger partial charge in [0.25, 0.3) is 0 Å². The number of carboxylic acid groups (broad SMARTS) is 1. The fraction of sp³-hybridized carbons (Fsp3) is 0.286. The molecule has 6 nitrogen and oxygen atoms in total. The van der Waals surface area contributed by atoms with Gasteiger partial charge in [0.05, 0.1) is 5.56 Å². The van der Waals surface area contributed by atoms with E-state index in [1.54, 1.807) is 12.1 Å². The summed E-state index contributed by atoms with van der Waals surface area (Å²) in [5.41, 5.74) is 1.33. The van der Waals surface area contributed by atoms with E-state index < -0.39 is 5.97 Å². The van der Waals surface area contributed by atoms with E-state index in [-0.39, 0.29) is 11.6 Å². The summed E-state index contributed by atoms with van der Waals surface area (Å²) < 4.78 is 0.745. The lowest BCUT2D eigenvalue weighted by Crippen LogP contribution is -2.23. The van der Waals surface area contributed by atoms with Crippen LogP contribution >= 0.6 is 24.4 Å². The van der Waals surface area contributed by atoms with Gasteiger partial charge in [-0.15, -0.1) is 0 Å². The molecular weight excluding hydrogens is 320 g/mol. The molecular formula is C14H16N4O2S2. The van der Waals surface area contributed by atoms with Crippen LogP contribution in [0.3, 0.4) is 0 Å². The molecule has 0 saturated heterocycles. The van der Waals surface area contributed by atoms with Gasteiger partial charge in [-0.3, -0.25) is 0 Å². The van der Waals surface area contributed by atoms with Crippen LogP contribution in [0.4, 0.5) is 5.95 Å². The normalized spacial score (nSPS) is 11.9. The average Bonchev–Trinajstić information content (AvgIpc) is 2.46. The lowest BCUT2D eigenvalue weighted by atomic mass is 10.0. The first-order valence-electron chi connectivity index (χ1n) is 6.77. The number of carbonyl (C=O) groups is 1. The molecule has 2 rings (SSSR count). The highest BCUT2D eigenvalue weighted by molar-refractivity contribution is 7.71. The van der Waals surface area contributed by atoms with E-state index in [0.717, 1.165) is 18.4 Å². The van der Waals surface area contributed by atoms with Crippen molar-refractivity contribution in [2.75, 3.05) is 5.32 Å². The van der Waals surface area contributed by atoms with E-state index in [4.69, 9.17) is 29.5 Å². The van der Waals surface area contributed by atoms with Crippen LogP contribution < -0.4 is 5.32 Å². The molecule has 8 heteroatoms.